The molecule has 1 N–H and O–H groups in total. The summed E-state index contributed by atoms with van der Waals surface area (Å²) in [7, 11) is 6.53. The molecule has 3 aromatic rings. The maximum atomic E-state index is 3.36. The average Bonchev–Trinajstić information content (AvgIpc) is 3.07. The zero-order valence-electron chi connectivity index (χ0n) is 16.5. The molecule has 2 aromatic carbocycles. The van der Waals surface area contributed by atoms with Crippen molar-refractivity contribution in [2.24, 2.45) is 0 Å². The second-order valence-corrected chi connectivity index (χ2v) is 8.44. The molecule has 4 rings (SSSR count). The molecule has 0 saturated carbocycles. The van der Waals surface area contributed by atoms with Crippen molar-refractivity contribution in [3.63, 3.8) is 0 Å². The Morgan fingerprint density at radius 2 is 1.88 bits per heavy atom. The number of aromatic amines is 1. The second kappa shape index (κ2) is 6.26. The molecule has 0 bridgehead atoms. The van der Waals surface area contributed by atoms with E-state index < -0.39 is 0 Å². The zero-order valence-corrected chi connectivity index (χ0v) is 16.5. The molecule has 1 aliphatic rings. The van der Waals surface area contributed by atoms with Gasteiger partial charge in [0, 0.05) is 36.3 Å². The molecular formula is C23H29N3. The van der Waals surface area contributed by atoms with Crippen LogP contribution in [0.3, 0.4) is 0 Å². The van der Waals surface area contributed by atoms with E-state index in [1.54, 1.807) is 0 Å². The second-order valence-electron chi connectivity index (χ2n) is 8.44. The van der Waals surface area contributed by atoms with Crippen molar-refractivity contribution in [2.75, 3.05) is 27.7 Å². The Labute approximate surface area is 156 Å². The van der Waals surface area contributed by atoms with Gasteiger partial charge in [0.25, 0.3) is 0 Å². The summed E-state index contributed by atoms with van der Waals surface area (Å²) in [6.45, 7) is 6.67. The van der Waals surface area contributed by atoms with E-state index in [-0.39, 0.29) is 5.54 Å². The summed E-state index contributed by atoms with van der Waals surface area (Å²) < 4.78 is 0. The van der Waals surface area contributed by atoms with Crippen LogP contribution in [0.4, 0.5) is 0 Å². The van der Waals surface area contributed by atoms with Gasteiger partial charge in [-0.05, 0) is 74.8 Å². The Morgan fingerprint density at radius 1 is 1.08 bits per heavy atom. The first kappa shape index (κ1) is 17.3. The van der Waals surface area contributed by atoms with E-state index in [0.717, 1.165) is 13.1 Å². The number of fused-ring (bicyclic) bond motifs is 2. The fourth-order valence-corrected chi connectivity index (χ4v) is 4.05. The van der Waals surface area contributed by atoms with Gasteiger partial charge in [-0.1, -0.05) is 30.3 Å². The van der Waals surface area contributed by atoms with Crippen LogP contribution in [-0.4, -0.2) is 42.5 Å². The van der Waals surface area contributed by atoms with Crippen LogP contribution in [0.2, 0.25) is 0 Å². The third kappa shape index (κ3) is 2.85. The topological polar surface area (TPSA) is 22.3 Å². The molecule has 2 heterocycles. The van der Waals surface area contributed by atoms with Crippen LogP contribution in [-0.2, 0) is 12.1 Å². The number of aromatic nitrogens is 1. The molecule has 1 unspecified atom stereocenters. The van der Waals surface area contributed by atoms with Crippen molar-refractivity contribution in [2.45, 2.75) is 31.8 Å². The zero-order chi connectivity index (χ0) is 18.5. The van der Waals surface area contributed by atoms with Crippen LogP contribution in [0.5, 0.6) is 0 Å². The normalized spacial score (nSPS) is 18.5. The fraction of sp³-hybridized carbons (Fsp3) is 0.391. The van der Waals surface area contributed by atoms with E-state index in [1.165, 1.54) is 33.2 Å². The third-order valence-corrected chi connectivity index (χ3v) is 6.26. The number of likely N-dealkylation sites (N-methyl/N-ethyl adjacent to an activating group) is 1. The standard InChI is InChI=1S/C23H29N3/c1-23(2,25(3)4)19-8-9-20-18(12-19)14-26(5)15-21(20)17-7-6-16-10-11-24-22(16)13-17/h6-13,21,24H,14-15H2,1-5H3. The van der Waals surface area contributed by atoms with E-state index in [4.69, 9.17) is 0 Å². The number of rotatable bonds is 3. The molecule has 1 aromatic heterocycles. The van der Waals surface area contributed by atoms with Gasteiger partial charge < -0.3 is 14.8 Å². The van der Waals surface area contributed by atoms with Gasteiger partial charge in [0.15, 0.2) is 0 Å². The monoisotopic (exact) mass is 347 g/mol. The molecule has 3 nitrogen and oxygen atoms in total. The molecule has 0 fully saturated rings. The molecule has 136 valence electrons. The molecule has 1 aliphatic heterocycles. The quantitative estimate of drug-likeness (QED) is 0.751. The number of nitrogens with zero attached hydrogens (tertiary/aromatic N) is 2. The van der Waals surface area contributed by atoms with Crippen LogP contribution < -0.4 is 0 Å². The van der Waals surface area contributed by atoms with Crippen molar-refractivity contribution in [3.05, 3.63) is 70.9 Å². The van der Waals surface area contributed by atoms with Gasteiger partial charge >= 0.3 is 0 Å². The van der Waals surface area contributed by atoms with Crippen molar-refractivity contribution in [3.8, 4) is 0 Å². The number of benzene rings is 2. The smallest absolute Gasteiger partial charge is 0.0456 e. The van der Waals surface area contributed by atoms with Crippen LogP contribution in [0.1, 0.15) is 42.0 Å². The molecule has 0 aliphatic carbocycles. The van der Waals surface area contributed by atoms with Crippen molar-refractivity contribution >= 4 is 10.9 Å². The Morgan fingerprint density at radius 3 is 2.65 bits per heavy atom. The Hall–Kier alpha value is -2.10. The molecule has 0 amide bonds. The summed E-state index contributed by atoms with van der Waals surface area (Å²) in [5.74, 6) is 0.424. The first-order valence-corrected chi connectivity index (χ1v) is 9.42. The first-order chi connectivity index (χ1) is 12.4. The maximum absolute atomic E-state index is 3.36. The largest absolute Gasteiger partial charge is 0.361 e. The van der Waals surface area contributed by atoms with E-state index >= 15 is 0 Å². The highest BCUT2D eigenvalue weighted by atomic mass is 15.1. The van der Waals surface area contributed by atoms with Gasteiger partial charge in [-0.25, -0.2) is 0 Å². The van der Waals surface area contributed by atoms with E-state index in [1.807, 2.05) is 6.20 Å². The number of H-pyrrole nitrogens is 1. The highest BCUT2D eigenvalue weighted by Gasteiger charge is 2.28. The molecule has 0 saturated heterocycles. The van der Waals surface area contributed by atoms with Crippen LogP contribution in [0, 0.1) is 0 Å². The minimum absolute atomic E-state index is 0.0315. The van der Waals surface area contributed by atoms with Crippen LogP contribution in [0.25, 0.3) is 10.9 Å². The highest BCUT2D eigenvalue weighted by Crippen LogP contribution is 2.36. The summed E-state index contributed by atoms with van der Waals surface area (Å²) in [6.07, 6.45) is 2.02. The summed E-state index contributed by atoms with van der Waals surface area (Å²) in [6, 6.07) is 16.1. The maximum Gasteiger partial charge on any atom is 0.0456 e. The molecule has 1 atom stereocenters. The predicted molar refractivity (Wildman–Crippen MR) is 110 cm³/mol. The van der Waals surface area contributed by atoms with Crippen LogP contribution in [0.15, 0.2) is 48.7 Å². The van der Waals surface area contributed by atoms with Gasteiger partial charge in [0.1, 0.15) is 0 Å². The number of hydrogen-bond acceptors (Lipinski definition) is 2. The summed E-state index contributed by atoms with van der Waals surface area (Å²) >= 11 is 0. The van der Waals surface area contributed by atoms with Gasteiger partial charge in [-0.2, -0.15) is 0 Å². The lowest BCUT2D eigenvalue weighted by Crippen LogP contribution is -2.36. The Balaban J connectivity index is 1.78. The highest BCUT2D eigenvalue weighted by molar-refractivity contribution is 5.80. The van der Waals surface area contributed by atoms with Crippen molar-refractivity contribution < 1.29 is 0 Å². The SMILES string of the molecule is CN1Cc2cc(C(C)(C)N(C)C)ccc2C(c2ccc3cc[nH]c3c2)C1. The lowest BCUT2D eigenvalue weighted by molar-refractivity contribution is 0.197. The minimum Gasteiger partial charge on any atom is -0.361 e. The van der Waals surface area contributed by atoms with E-state index in [2.05, 4.69) is 92.2 Å². The van der Waals surface area contributed by atoms with Crippen molar-refractivity contribution in [1.82, 2.24) is 14.8 Å². The van der Waals surface area contributed by atoms with Gasteiger partial charge in [0.05, 0.1) is 0 Å². The molecule has 0 radical (unpaired) electrons. The number of hydrogen-bond donors (Lipinski definition) is 1. The summed E-state index contributed by atoms with van der Waals surface area (Å²) in [4.78, 5) is 8.09. The van der Waals surface area contributed by atoms with Gasteiger partial charge in [-0.15, -0.1) is 0 Å². The van der Waals surface area contributed by atoms with E-state index in [0.29, 0.717) is 5.92 Å². The fourth-order valence-electron chi connectivity index (χ4n) is 4.05. The molecular weight excluding hydrogens is 318 g/mol. The lowest BCUT2D eigenvalue weighted by Gasteiger charge is -2.37. The average molecular weight is 348 g/mol. The summed E-state index contributed by atoms with van der Waals surface area (Å²) in [5.41, 5.74) is 6.98. The van der Waals surface area contributed by atoms with E-state index in [9.17, 15) is 0 Å². The van der Waals surface area contributed by atoms with Gasteiger partial charge in [0.2, 0.25) is 0 Å². The number of nitrogens with one attached hydrogen (secondary N) is 1. The lowest BCUT2D eigenvalue weighted by atomic mass is 9.81. The van der Waals surface area contributed by atoms with Crippen LogP contribution >= 0.6 is 0 Å². The molecule has 26 heavy (non-hydrogen) atoms. The van der Waals surface area contributed by atoms with Crippen molar-refractivity contribution in [1.29, 1.82) is 0 Å². The Bertz CT molecular complexity index is 936. The third-order valence-electron chi connectivity index (χ3n) is 6.26. The molecule has 3 heteroatoms. The molecule has 0 spiro atoms. The summed E-state index contributed by atoms with van der Waals surface area (Å²) in [5, 5.41) is 1.28. The first-order valence-electron chi connectivity index (χ1n) is 9.42. The predicted octanol–water partition coefficient (Wildman–Crippen LogP) is 4.54. The Kier molecular flexibility index (Phi) is 4.17. The minimum atomic E-state index is 0.0315. The van der Waals surface area contributed by atoms with Gasteiger partial charge in [-0.3, -0.25) is 0 Å².